The Morgan fingerprint density at radius 3 is 2.73 bits per heavy atom. The molecular weight excluding hydrogens is 206 g/mol. The van der Waals surface area contributed by atoms with Gasteiger partial charge in [-0.25, -0.2) is 4.98 Å². The van der Waals surface area contributed by atoms with Crippen LogP contribution >= 0.6 is 11.8 Å². The molecule has 3 nitrogen and oxygen atoms in total. The van der Waals surface area contributed by atoms with Gasteiger partial charge >= 0.3 is 0 Å². The van der Waals surface area contributed by atoms with Crippen molar-refractivity contribution in [3.63, 3.8) is 0 Å². The molecule has 0 bridgehead atoms. The topological polar surface area (TPSA) is 51.8 Å². The van der Waals surface area contributed by atoms with Gasteiger partial charge in [0, 0.05) is 23.0 Å². The van der Waals surface area contributed by atoms with Gasteiger partial charge in [0.2, 0.25) is 0 Å². The smallest absolute Gasteiger partial charge is 0.119 e. The minimum absolute atomic E-state index is 0.779. The molecule has 0 spiro atoms. The quantitative estimate of drug-likeness (QED) is 0.785. The van der Waals surface area contributed by atoms with Crippen molar-refractivity contribution in [2.45, 2.75) is 16.8 Å². The monoisotopic (exact) mass is 217 g/mol. The second-order valence-electron chi connectivity index (χ2n) is 3.23. The highest BCUT2D eigenvalue weighted by Gasteiger charge is 2.00. The van der Waals surface area contributed by atoms with Gasteiger partial charge in [0.15, 0.2) is 0 Å². The normalized spacial score (nSPS) is 10.2. The number of nitrogen functional groups attached to an aromatic ring is 1. The molecule has 0 saturated heterocycles. The van der Waals surface area contributed by atoms with E-state index in [9.17, 15) is 0 Å². The number of benzene rings is 1. The molecule has 4 heteroatoms. The number of aryl methyl sites for hydroxylation is 1. The van der Waals surface area contributed by atoms with Crippen molar-refractivity contribution in [2.24, 2.45) is 0 Å². The summed E-state index contributed by atoms with van der Waals surface area (Å²) in [6, 6.07) is 5.96. The summed E-state index contributed by atoms with van der Waals surface area (Å²) in [6.45, 7) is 2.02. The fraction of sp³-hybridized carbons (Fsp3) is 0.0909. The fourth-order valence-electron chi connectivity index (χ4n) is 1.29. The third-order valence-electron chi connectivity index (χ3n) is 1.84. The van der Waals surface area contributed by atoms with E-state index in [0.29, 0.717) is 0 Å². The second kappa shape index (κ2) is 4.31. The standard InChI is InChI=1S/C11H11N3S/c1-8-4-9(12)6-10(5-8)15-11-7-13-2-3-14-11/h2-7H,12H2,1H3. The van der Waals surface area contributed by atoms with Crippen LogP contribution in [0.5, 0.6) is 0 Å². The summed E-state index contributed by atoms with van der Waals surface area (Å²) >= 11 is 1.56. The first-order valence-corrected chi connectivity index (χ1v) is 5.37. The van der Waals surface area contributed by atoms with Crippen LogP contribution in [0.2, 0.25) is 0 Å². The van der Waals surface area contributed by atoms with E-state index in [1.165, 1.54) is 0 Å². The molecule has 0 atom stereocenters. The largest absolute Gasteiger partial charge is 0.399 e. The molecule has 0 aliphatic carbocycles. The van der Waals surface area contributed by atoms with E-state index in [2.05, 4.69) is 16.0 Å². The first kappa shape index (κ1) is 9.98. The van der Waals surface area contributed by atoms with E-state index < -0.39 is 0 Å². The Labute approximate surface area is 92.8 Å². The lowest BCUT2D eigenvalue weighted by Gasteiger charge is -2.03. The van der Waals surface area contributed by atoms with Crippen molar-refractivity contribution >= 4 is 17.4 Å². The number of anilines is 1. The third kappa shape index (κ3) is 2.70. The van der Waals surface area contributed by atoms with E-state index in [1.54, 1.807) is 30.4 Å². The predicted molar refractivity (Wildman–Crippen MR) is 61.7 cm³/mol. The average molecular weight is 217 g/mol. The highest BCUT2D eigenvalue weighted by Crippen LogP contribution is 2.27. The lowest BCUT2D eigenvalue weighted by molar-refractivity contribution is 1.05. The number of nitrogens with zero attached hydrogens (tertiary/aromatic N) is 2. The first-order valence-electron chi connectivity index (χ1n) is 4.55. The van der Waals surface area contributed by atoms with Crippen molar-refractivity contribution < 1.29 is 0 Å². The van der Waals surface area contributed by atoms with Gasteiger partial charge < -0.3 is 5.73 Å². The highest BCUT2D eigenvalue weighted by molar-refractivity contribution is 7.99. The van der Waals surface area contributed by atoms with Crippen LogP contribution < -0.4 is 5.73 Å². The van der Waals surface area contributed by atoms with Crippen LogP contribution in [0.4, 0.5) is 5.69 Å². The molecule has 2 N–H and O–H groups in total. The number of hydrogen-bond donors (Lipinski definition) is 1. The summed E-state index contributed by atoms with van der Waals surface area (Å²) in [5, 5.41) is 0.877. The zero-order valence-electron chi connectivity index (χ0n) is 8.34. The summed E-state index contributed by atoms with van der Waals surface area (Å²) in [7, 11) is 0. The molecule has 1 aromatic heterocycles. The van der Waals surface area contributed by atoms with Gasteiger partial charge in [-0.15, -0.1) is 0 Å². The zero-order chi connectivity index (χ0) is 10.7. The SMILES string of the molecule is Cc1cc(N)cc(Sc2cnccn2)c1. The molecule has 0 aliphatic rings. The Balaban J connectivity index is 2.25. The van der Waals surface area contributed by atoms with E-state index in [4.69, 9.17) is 5.73 Å². The molecule has 1 aromatic carbocycles. The van der Waals surface area contributed by atoms with Gasteiger partial charge in [-0.05, 0) is 30.7 Å². The molecule has 2 rings (SSSR count). The maximum Gasteiger partial charge on any atom is 0.119 e. The number of rotatable bonds is 2. The molecule has 0 fully saturated rings. The Morgan fingerprint density at radius 1 is 1.20 bits per heavy atom. The van der Waals surface area contributed by atoms with Crippen molar-refractivity contribution in [3.05, 3.63) is 42.4 Å². The van der Waals surface area contributed by atoms with Gasteiger partial charge in [0.05, 0.1) is 6.20 Å². The number of aromatic nitrogens is 2. The maximum atomic E-state index is 5.76. The van der Waals surface area contributed by atoms with E-state index >= 15 is 0 Å². The summed E-state index contributed by atoms with van der Waals surface area (Å²) < 4.78 is 0. The van der Waals surface area contributed by atoms with Crippen LogP contribution in [0.1, 0.15) is 5.56 Å². The second-order valence-corrected chi connectivity index (χ2v) is 4.32. The molecule has 1 heterocycles. The number of nitrogens with two attached hydrogens (primary N) is 1. The lowest BCUT2D eigenvalue weighted by atomic mass is 10.2. The van der Waals surface area contributed by atoms with E-state index in [1.807, 2.05) is 19.1 Å². The minimum atomic E-state index is 0.779. The van der Waals surface area contributed by atoms with Crippen LogP contribution in [-0.4, -0.2) is 9.97 Å². The Bertz CT molecular complexity index is 436. The molecule has 0 unspecified atom stereocenters. The third-order valence-corrected chi connectivity index (χ3v) is 2.73. The van der Waals surface area contributed by atoms with E-state index in [-0.39, 0.29) is 0 Å². The molecule has 0 saturated carbocycles. The molecule has 0 amide bonds. The maximum absolute atomic E-state index is 5.76. The van der Waals surface area contributed by atoms with Crippen molar-refractivity contribution in [1.29, 1.82) is 0 Å². The van der Waals surface area contributed by atoms with Crippen LogP contribution in [0.3, 0.4) is 0 Å². The van der Waals surface area contributed by atoms with Crippen LogP contribution in [0.25, 0.3) is 0 Å². The first-order chi connectivity index (χ1) is 7.24. The van der Waals surface area contributed by atoms with Gasteiger partial charge in [0.25, 0.3) is 0 Å². The molecule has 0 aliphatic heterocycles. The molecule has 15 heavy (non-hydrogen) atoms. The van der Waals surface area contributed by atoms with Crippen LogP contribution in [-0.2, 0) is 0 Å². The Kier molecular flexibility index (Phi) is 2.87. The lowest BCUT2D eigenvalue weighted by Crippen LogP contribution is -1.87. The Morgan fingerprint density at radius 2 is 2.07 bits per heavy atom. The molecule has 76 valence electrons. The van der Waals surface area contributed by atoms with Crippen molar-refractivity contribution in [2.75, 3.05) is 5.73 Å². The fourth-order valence-corrected chi connectivity index (χ4v) is 2.20. The zero-order valence-corrected chi connectivity index (χ0v) is 9.16. The van der Waals surface area contributed by atoms with Gasteiger partial charge in [0.1, 0.15) is 5.03 Å². The van der Waals surface area contributed by atoms with Gasteiger partial charge in [-0.2, -0.15) is 0 Å². The Hall–Kier alpha value is -1.55. The summed E-state index contributed by atoms with van der Waals surface area (Å²) in [4.78, 5) is 9.29. The number of hydrogen-bond acceptors (Lipinski definition) is 4. The molecule has 0 radical (unpaired) electrons. The van der Waals surface area contributed by atoms with Gasteiger partial charge in [-0.1, -0.05) is 11.8 Å². The van der Waals surface area contributed by atoms with Gasteiger partial charge in [-0.3, -0.25) is 4.98 Å². The summed E-state index contributed by atoms with van der Waals surface area (Å²) in [5.74, 6) is 0. The van der Waals surface area contributed by atoms with E-state index in [0.717, 1.165) is 21.2 Å². The average Bonchev–Trinajstić information content (AvgIpc) is 2.17. The molecular formula is C11H11N3S. The molecule has 2 aromatic rings. The highest BCUT2D eigenvalue weighted by atomic mass is 32.2. The predicted octanol–water partition coefficient (Wildman–Crippen LogP) is 2.52. The van der Waals surface area contributed by atoms with Crippen LogP contribution in [0.15, 0.2) is 46.7 Å². The van der Waals surface area contributed by atoms with Crippen molar-refractivity contribution in [3.8, 4) is 0 Å². The minimum Gasteiger partial charge on any atom is -0.399 e. The van der Waals surface area contributed by atoms with Crippen LogP contribution in [0, 0.1) is 6.92 Å². The summed E-state index contributed by atoms with van der Waals surface area (Å²) in [5.41, 5.74) is 7.70. The van der Waals surface area contributed by atoms with Crippen molar-refractivity contribution in [1.82, 2.24) is 9.97 Å². The summed E-state index contributed by atoms with van der Waals surface area (Å²) in [6.07, 6.45) is 5.08.